The van der Waals surface area contributed by atoms with Crippen LogP contribution in [0, 0.1) is 23.7 Å². The number of nitrogens with zero attached hydrogens (tertiary/aromatic N) is 2. The lowest BCUT2D eigenvalue weighted by atomic mass is 9.82. The van der Waals surface area contributed by atoms with Crippen LogP contribution in [0.25, 0.3) is 0 Å². The van der Waals surface area contributed by atoms with E-state index in [-0.39, 0.29) is 17.9 Å². The van der Waals surface area contributed by atoms with E-state index in [1.54, 1.807) is 4.90 Å². The molecule has 118 valence electrons. The second-order valence-electron chi connectivity index (χ2n) is 6.09. The Labute approximate surface area is 131 Å². The molecule has 0 aliphatic carbocycles. The Hall–Kier alpha value is -2.06. The minimum absolute atomic E-state index is 0.0598. The fourth-order valence-corrected chi connectivity index (χ4v) is 2.50. The number of piperidine rings is 1. The third-order valence-corrected chi connectivity index (χ3v) is 4.22. The second kappa shape index (κ2) is 6.80. The van der Waals surface area contributed by atoms with Gasteiger partial charge in [0, 0.05) is 13.1 Å². The summed E-state index contributed by atoms with van der Waals surface area (Å²) in [7, 11) is 0. The van der Waals surface area contributed by atoms with Crippen LogP contribution in [0.2, 0.25) is 0 Å². The summed E-state index contributed by atoms with van der Waals surface area (Å²) < 4.78 is 5.52. The van der Waals surface area contributed by atoms with E-state index >= 15 is 0 Å². The lowest BCUT2D eigenvalue weighted by Gasteiger charge is -2.35. The predicted molar refractivity (Wildman–Crippen MR) is 82.2 cm³/mol. The van der Waals surface area contributed by atoms with E-state index < -0.39 is 6.10 Å². The van der Waals surface area contributed by atoms with E-state index in [0.29, 0.717) is 31.7 Å². The van der Waals surface area contributed by atoms with Crippen LogP contribution in [-0.4, -0.2) is 41.7 Å². The van der Waals surface area contributed by atoms with Gasteiger partial charge >= 0.3 is 0 Å². The van der Waals surface area contributed by atoms with Gasteiger partial charge < -0.3 is 14.7 Å². The molecular weight excluding hydrogens is 280 g/mol. The molecular formula is C17H22N2O3. The number of hydrogen-bond donors (Lipinski definition) is 1. The summed E-state index contributed by atoms with van der Waals surface area (Å²) in [5, 5.41) is 19.1. The molecule has 1 N–H and O–H groups in total. The van der Waals surface area contributed by atoms with Crippen molar-refractivity contribution in [2.75, 3.05) is 19.7 Å². The maximum absolute atomic E-state index is 12.2. The molecule has 1 aliphatic rings. The monoisotopic (exact) mass is 302 g/mol. The van der Waals surface area contributed by atoms with Gasteiger partial charge in [-0.2, -0.15) is 5.26 Å². The van der Waals surface area contributed by atoms with E-state index in [9.17, 15) is 9.90 Å². The van der Waals surface area contributed by atoms with Crippen LogP contribution in [0.15, 0.2) is 24.3 Å². The number of nitriles is 1. The third-order valence-electron chi connectivity index (χ3n) is 4.22. The van der Waals surface area contributed by atoms with Crippen LogP contribution in [0.1, 0.15) is 25.3 Å². The normalized spacial score (nSPS) is 18.4. The number of carbonyl (C=O) groups is 1. The van der Waals surface area contributed by atoms with Crippen LogP contribution in [0.4, 0.5) is 0 Å². The molecule has 2 rings (SSSR count). The van der Waals surface area contributed by atoms with Crippen LogP contribution < -0.4 is 4.74 Å². The Balaban J connectivity index is 1.86. The molecule has 1 aromatic rings. The minimum atomic E-state index is -1.17. The van der Waals surface area contributed by atoms with Crippen molar-refractivity contribution < 1.29 is 14.6 Å². The molecule has 1 saturated heterocycles. The summed E-state index contributed by atoms with van der Waals surface area (Å²) in [6, 6.07) is 9.78. The maximum Gasteiger partial charge on any atom is 0.254 e. The number of amides is 1. The topological polar surface area (TPSA) is 73.6 Å². The SMILES string of the molecule is Cc1ccccc1OC[C@H](O)C(=O)N1CCC(C)(C#N)CC1. The number of para-hydroxylation sites is 1. The lowest BCUT2D eigenvalue weighted by molar-refractivity contribution is -0.143. The highest BCUT2D eigenvalue weighted by molar-refractivity contribution is 5.81. The average Bonchev–Trinajstić information content (AvgIpc) is 2.54. The van der Waals surface area contributed by atoms with Crippen LogP contribution >= 0.6 is 0 Å². The van der Waals surface area contributed by atoms with Crippen molar-refractivity contribution in [3.8, 4) is 11.8 Å². The Morgan fingerprint density at radius 1 is 1.45 bits per heavy atom. The Morgan fingerprint density at radius 3 is 2.68 bits per heavy atom. The van der Waals surface area contributed by atoms with Crippen LogP contribution in [0.3, 0.4) is 0 Å². The molecule has 1 amide bonds. The number of likely N-dealkylation sites (tertiary alicyclic amines) is 1. The van der Waals surface area contributed by atoms with Crippen LogP contribution in [0.5, 0.6) is 5.75 Å². The lowest BCUT2D eigenvalue weighted by Crippen LogP contribution is -2.47. The van der Waals surface area contributed by atoms with Gasteiger partial charge in [0.25, 0.3) is 5.91 Å². The van der Waals surface area contributed by atoms with Gasteiger partial charge in [-0.25, -0.2) is 0 Å². The van der Waals surface area contributed by atoms with Gasteiger partial charge in [-0.15, -0.1) is 0 Å². The van der Waals surface area contributed by atoms with Crippen molar-refractivity contribution in [3.63, 3.8) is 0 Å². The van der Waals surface area contributed by atoms with Crippen molar-refractivity contribution in [1.29, 1.82) is 5.26 Å². The molecule has 0 aromatic heterocycles. The number of benzene rings is 1. The van der Waals surface area contributed by atoms with E-state index in [0.717, 1.165) is 5.56 Å². The highest BCUT2D eigenvalue weighted by atomic mass is 16.5. The number of ether oxygens (including phenoxy) is 1. The Kier molecular flexibility index (Phi) is 5.04. The first-order valence-electron chi connectivity index (χ1n) is 7.52. The predicted octanol–water partition coefficient (Wildman–Crippen LogP) is 1.89. The fraction of sp³-hybridized carbons (Fsp3) is 0.529. The number of hydrogen-bond acceptors (Lipinski definition) is 4. The number of aryl methyl sites for hydroxylation is 1. The molecule has 0 bridgehead atoms. The van der Waals surface area contributed by atoms with E-state index in [1.165, 1.54) is 0 Å². The number of rotatable bonds is 4. The summed E-state index contributed by atoms with van der Waals surface area (Å²) in [6.45, 7) is 4.77. The summed E-state index contributed by atoms with van der Waals surface area (Å²) in [5.41, 5.74) is 0.601. The minimum Gasteiger partial charge on any atom is -0.490 e. The van der Waals surface area contributed by atoms with Gasteiger partial charge in [0.1, 0.15) is 12.4 Å². The number of aliphatic hydroxyl groups is 1. The van der Waals surface area contributed by atoms with E-state index in [2.05, 4.69) is 6.07 Å². The molecule has 5 heteroatoms. The number of carbonyl (C=O) groups excluding carboxylic acids is 1. The fourth-order valence-electron chi connectivity index (χ4n) is 2.50. The van der Waals surface area contributed by atoms with Crippen molar-refractivity contribution in [3.05, 3.63) is 29.8 Å². The molecule has 1 fully saturated rings. The molecule has 0 saturated carbocycles. The summed E-state index contributed by atoms with van der Waals surface area (Å²) in [5.74, 6) is 0.346. The van der Waals surface area contributed by atoms with Crippen LogP contribution in [-0.2, 0) is 4.79 Å². The molecule has 22 heavy (non-hydrogen) atoms. The van der Waals surface area contributed by atoms with Gasteiger partial charge in [-0.1, -0.05) is 18.2 Å². The molecule has 0 unspecified atom stereocenters. The Bertz CT molecular complexity index is 572. The zero-order valence-electron chi connectivity index (χ0n) is 13.1. The zero-order chi connectivity index (χ0) is 16.2. The van der Waals surface area contributed by atoms with Gasteiger partial charge in [0.2, 0.25) is 0 Å². The number of aliphatic hydroxyl groups excluding tert-OH is 1. The quantitative estimate of drug-likeness (QED) is 0.921. The first-order valence-corrected chi connectivity index (χ1v) is 7.52. The van der Waals surface area contributed by atoms with E-state index in [4.69, 9.17) is 10.00 Å². The summed E-state index contributed by atoms with van der Waals surface area (Å²) in [4.78, 5) is 13.8. The van der Waals surface area contributed by atoms with Crippen molar-refractivity contribution >= 4 is 5.91 Å². The standard InChI is InChI=1S/C17H22N2O3/c1-13-5-3-4-6-15(13)22-11-14(20)16(21)19-9-7-17(2,12-18)8-10-19/h3-6,14,20H,7-11H2,1-2H3/t14-/m0/s1. The van der Waals surface area contributed by atoms with Crippen molar-refractivity contribution in [2.24, 2.45) is 5.41 Å². The van der Waals surface area contributed by atoms with Crippen molar-refractivity contribution in [1.82, 2.24) is 4.90 Å². The smallest absolute Gasteiger partial charge is 0.254 e. The van der Waals surface area contributed by atoms with Crippen molar-refractivity contribution in [2.45, 2.75) is 32.8 Å². The maximum atomic E-state index is 12.2. The first kappa shape index (κ1) is 16.3. The highest BCUT2D eigenvalue weighted by Crippen LogP contribution is 2.30. The summed E-state index contributed by atoms with van der Waals surface area (Å²) >= 11 is 0. The summed E-state index contributed by atoms with van der Waals surface area (Å²) in [6.07, 6.45) is 0.104. The molecule has 1 aliphatic heterocycles. The molecule has 5 nitrogen and oxygen atoms in total. The third kappa shape index (κ3) is 3.77. The van der Waals surface area contributed by atoms with E-state index in [1.807, 2.05) is 38.1 Å². The Morgan fingerprint density at radius 2 is 2.09 bits per heavy atom. The average molecular weight is 302 g/mol. The molecule has 1 aromatic carbocycles. The van der Waals surface area contributed by atoms with Gasteiger partial charge in [-0.3, -0.25) is 4.79 Å². The van der Waals surface area contributed by atoms with Gasteiger partial charge in [0.15, 0.2) is 6.10 Å². The molecule has 1 atom stereocenters. The molecule has 1 heterocycles. The second-order valence-corrected chi connectivity index (χ2v) is 6.09. The highest BCUT2D eigenvalue weighted by Gasteiger charge is 2.33. The first-order chi connectivity index (χ1) is 10.4. The molecule has 0 spiro atoms. The molecule has 0 radical (unpaired) electrons. The largest absolute Gasteiger partial charge is 0.490 e. The van der Waals surface area contributed by atoms with Gasteiger partial charge in [0.05, 0.1) is 11.5 Å². The van der Waals surface area contributed by atoms with Gasteiger partial charge in [-0.05, 0) is 38.3 Å². The zero-order valence-corrected chi connectivity index (χ0v) is 13.1.